The summed E-state index contributed by atoms with van der Waals surface area (Å²) in [4.78, 5) is 25.4. The highest BCUT2D eigenvalue weighted by molar-refractivity contribution is 5.78. The van der Waals surface area contributed by atoms with Crippen LogP contribution in [-0.4, -0.2) is 49.6 Å². The zero-order valence-electron chi connectivity index (χ0n) is 15.1. The molecule has 7 heteroatoms. The number of carbonyl (C=O) groups excluding carboxylic acids is 2. The van der Waals surface area contributed by atoms with Gasteiger partial charge < -0.3 is 19.7 Å². The lowest BCUT2D eigenvalue weighted by Crippen LogP contribution is -2.43. The standard InChI is InChI=1S/C19H25N3O4/c1-2-25-16-3-5-17(6-4-16)26-14-19(24)22-11-8-15(9-12-22)13-21-18(23)7-10-20/h3-6,15H,2,7-9,11-14H2,1H3,(H,21,23). The van der Waals surface area contributed by atoms with Crippen molar-refractivity contribution in [2.45, 2.75) is 26.2 Å². The molecule has 140 valence electrons. The fourth-order valence-electron chi connectivity index (χ4n) is 2.81. The third kappa shape index (κ3) is 6.28. The summed E-state index contributed by atoms with van der Waals surface area (Å²) in [6.07, 6.45) is 1.56. The van der Waals surface area contributed by atoms with Gasteiger partial charge in [-0.05, 0) is 49.9 Å². The molecule has 1 aliphatic heterocycles. The maximum Gasteiger partial charge on any atom is 0.260 e. The Labute approximate surface area is 153 Å². The van der Waals surface area contributed by atoms with Gasteiger partial charge in [-0.25, -0.2) is 0 Å². The van der Waals surface area contributed by atoms with Crippen LogP contribution in [0.4, 0.5) is 0 Å². The molecule has 1 fully saturated rings. The maximum absolute atomic E-state index is 12.3. The monoisotopic (exact) mass is 359 g/mol. The summed E-state index contributed by atoms with van der Waals surface area (Å²) < 4.78 is 10.9. The normalized spacial score (nSPS) is 14.4. The van der Waals surface area contributed by atoms with Crippen molar-refractivity contribution >= 4 is 11.8 Å². The molecule has 1 saturated heterocycles. The molecule has 0 radical (unpaired) electrons. The van der Waals surface area contributed by atoms with Crippen molar-refractivity contribution in [3.63, 3.8) is 0 Å². The lowest BCUT2D eigenvalue weighted by molar-refractivity contribution is -0.135. The predicted octanol–water partition coefficient (Wildman–Crippen LogP) is 1.73. The fraction of sp³-hybridized carbons (Fsp3) is 0.526. The highest BCUT2D eigenvalue weighted by Gasteiger charge is 2.23. The Hall–Kier alpha value is -2.75. The fourth-order valence-corrected chi connectivity index (χ4v) is 2.81. The summed E-state index contributed by atoms with van der Waals surface area (Å²) in [7, 11) is 0. The molecule has 0 spiro atoms. The van der Waals surface area contributed by atoms with E-state index in [1.165, 1.54) is 0 Å². The van der Waals surface area contributed by atoms with Gasteiger partial charge in [0.25, 0.3) is 5.91 Å². The number of likely N-dealkylation sites (tertiary alicyclic amines) is 1. The minimum atomic E-state index is -0.241. The van der Waals surface area contributed by atoms with E-state index in [9.17, 15) is 9.59 Å². The highest BCUT2D eigenvalue weighted by atomic mass is 16.5. The number of benzene rings is 1. The van der Waals surface area contributed by atoms with Gasteiger partial charge in [-0.3, -0.25) is 9.59 Å². The van der Waals surface area contributed by atoms with Gasteiger partial charge in [0.15, 0.2) is 6.61 Å². The number of hydrogen-bond donors (Lipinski definition) is 1. The summed E-state index contributed by atoms with van der Waals surface area (Å²) >= 11 is 0. The van der Waals surface area contributed by atoms with Crippen molar-refractivity contribution in [3.8, 4) is 17.6 Å². The van der Waals surface area contributed by atoms with Gasteiger partial charge in [0.1, 0.15) is 17.9 Å². The molecule has 0 atom stereocenters. The Balaban J connectivity index is 1.68. The predicted molar refractivity (Wildman–Crippen MR) is 95.6 cm³/mol. The molecule has 0 aromatic heterocycles. The van der Waals surface area contributed by atoms with Crippen LogP contribution in [0.25, 0.3) is 0 Å². The van der Waals surface area contributed by atoms with Crippen molar-refractivity contribution in [3.05, 3.63) is 24.3 Å². The van der Waals surface area contributed by atoms with Crippen molar-refractivity contribution in [1.82, 2.24) is 10.2 Å². The summed E-state index contributed by atoms with van der Waals surface area (Å²) in [5, 5.41) is 11.2. The SMILES string of the molecule is CCOc1ccc(OCC(=O)N2CCC(CNC(=O)CC#N)CC2)cc1. The molecule has 0 aliphatic carbocycles. The Bertz CT molecular complexity index is 631. The van der Waals surface area contributed by atoms with Gasteiger partial charge in [0.2, 0.25) is 5.91 Å². The van der Waals surface area contributed by atoms with E-state index >= 15 is 0 Å². The van der Waals surface area contributed by atoms with Crippen LogP contribution in [0.3, 0.4) is 0 Å². The molecular formula is C19H25N3O4. The second-order valence-corrected chi connectivity index (χ2v) is 6.16. The molecule has 0 unspecified atom stereocenters. The Morgan fingerprint density at radius 3 is 2.38 bits per heavy atom. The van der Waals surface area contributed by atoms with Crippen molar-refractivity contribution in [2.24, 2.45) is 5.92 Å². The molecule has 1 aromatic rings. The zero-order chi connectivity index (χ0) is 18.8. The minimum absolute atomic E-state index is 0.0115. The molecule has 1 aliphatic rings. The van der Waals surface area contributed by atoms with E-state index in [1.807, 2.05) is 25.1 Å². The van der Waals surface area contributed by atoms with Crippen LogP contribution in [0.1, 0.15) is 26.2 Å². The molecule has 0 bridgehead atoms. The second-order valence-electron chi connectivity index (χ2n) is 6.16. The van der Waals surface area contributed by atoms with E-state index in [-0.39, 0.29) is 24.8 Å². The number of nitrogens with zero attached hydrogens (tertiary/aromatic N) is 2. The first-order chi connectivity index (χ1) is 12.6. The third-order valence-corrected chi connectivity index (χ3v) is 4.29. The first-order valence-electron chi connectivity index (χ1n) is 8.89. The lowest BCUT2D eigenvalue weighted by atomic mass is 9.96. The number of nitriles is 1. The summed E-state index contributed by atoms with van der Waals surface area (Å²) in [6, 6.07) is 9.03. The van der Waals surface area contributed by atoms with Crippen LogP contribution in [-0.2, 0) is 9.59 Å². The van der Waals surface area contributed by atoms with Crippen LogP contribution in [0.5, 0.6) is 11.5 Å². The molecule has 7 nitrogen and oxygen atoms in total. The molecule has 0 saturated carbocycles. The van der Waals surface area contributed by atoms with Crippen molar-refractivity contribution < 1.29 is 19.1 Å². The lowest BCUT2D eigenvalue weighted by Gasteiger charge is -2.32. The molecule has 26 heavy (non-hydrogen) atoms. The summed E-state index contributed by atoms with van der Waals surface area (Å²) in [5.74, 6) is 1.47. The van der Waals surface area contributed by atoms with Gasteiger partial charge in [-0.1, -0.05) is 0 Å². The molecule has 2 amide bonds. The Kier molecular flexibility index (Phi) is 7.75. The molecule has 1 aromatic carbocycles. The zero-order valence-corrected chi connectivity index (χ0v) is 15.1. The van der Waals surface area contributed by atoms with E-state index in [4.69, 9.17) is 14.7 Å². The minimum Gasteiger partial charge on any atom is -0.494 e. The number of hydrogen-bond acceptors (Lipinski definition) is 5. The van der Waals surface area contributed by atoms with Gasteiger partial charge in [-0.2, -0.15) is 5.26 Å². The first-order valence-corrected chi connectivity index (χ1v) is 8.89. The van der Waals surface area contributed by atoms with Crippen molar-refractivity contribution in [1.29, 1.82) is 5.26 Å². The largest absolute Gasteiger partial charge is 0.494 e. The van der Waals surface area contributed by atoms with E-state index in [0.29, 0.717) is 37.9 Å². The second kappa shape index (κ2) is 10.3. The van der Waals surface area contributed by atoms with E-state index in [0.717, 1.165) is 18.6 Å². The average molecular weight is 359 g/mol. The Morgan fingerprint density at radius 1 is 1.19 bits per heavy atom. The first kappa shape index (κ1) is 19.6. The van der Waals surface area contributed by atoms with Crippen LogP contribution in [0.2, 0.25) is 0 Å². The van der Waals surface area contributed by atoms with Crippen LogP contribution in [0.15, 0.2) is 24.3 Å². The van der Waals surface area contributed by atoms with Crippen LogP contribution >= 0.6 is 0 Å². The summed E-state index contributed by atoms with van der Waals surface area (Å²) in [5.41, 5.74) is 0. The van der Waals surface area contributed by atoms with Gasteiger partial charge in [0.05, 0.1) is 12.7 Å². The van der Waals surface area contributed by atoms with Crippen LogP contribution in [0, 0.1) is 17.2 Å². The van der Waals surface area contributed by atoms with E-state index in [2.05, 4.69) is 5.32 Å². The molecule has 1 heterocycles. The van der Waals surface area contributed by atoms with E-state index in [1.54, 1.807) is 17.0 Å². The van der Waals surface area contributed by atoms with E-state index < -0.39 is 0 Å². The number of rotatable bonds is 8. The third-order valence-electron chi connectivity index (χ3n) is 4.29. The molecule has 1 N–H and O–H groups in total. The average Bonchev–Trinajstić information content (AvgIpc) is 2.66. The molecule has 2 rings (SSSR count). The Morgan fingerprint density at radius 2 is 1.81 bits per heavy atom. The van der Waals surface area contributed by atoms with Crippen LogP contribution < -0.4 is 14.8 Å². The maximum atomic E-state index is 12.3. The number of piperidine rings is 1. The topological polar surface area (TPSA) is 91.7 Å². The van der Waals surface area contributed by atoms with Gasteiger partial charge >= 0.3 is 0 Å². The smallest absolute Gasteiger partial charge is 0.260 e. The number of nitrogens with one attached hydrogen (secondary N) is 1. The molecular weight excluding hydrogens is 334 g/mol. The quantitative estimate of drug-likeness (QED) is 0.763. The number of amides is 2. The highest BCUT2D eigenvalue weighted by Crippen LogP contribution is 2.19. The van der Waals surface area contributed by atoms with Gasteiger partial charge in [0, 0.05) is 19.6 Å². The summed E-state index contributed by atoms with van der Waals surface area (Å²) in [6.45, 7) is 4.42. The number of ether oxygens (including phenoxy) is 2. The van der Waals surface area contributed by atoms with Crippen molar-refractivity contribution in [2.75, 3.05) is 32.8 Å². The van der Waals surface area contributed by atoms with Gasteiger partial charge in [-0.15, -0.1) is 0 Å². The number of carbonyl (C=O) groups is 2.